The molecule has 1 amide bonds. The maximum absolute atomic E-state index is 12.2. The van der Waals surface area contributed by atoms with E-state index in [2.05, 4.69) is 0 Å². The van der Waals surface area contributed by atoms with Crippen molar-refractivity contribution in [3.63, 3.8) is 0 Å². The number of nitrogens with zero attached hydrogens (tertiary/aromatic N) is 1. The Morgan fingerprint density at radius 3 is 2.89 bits per heavy atom. The molecule has 0 radical (unpaired) electrons. The summed E-state index contributed by atoms with van der Waals surface area (Å²) in [6.07, 6.45) is 0.283. The molecule has 19 heavy (non-hydrogen) atoms. The van der Waals surface area contributed by atoms with Crippen LogP contribution in [0.3, 0.4) is 0 Å². The van der Waals surface area contributed by atoms with E-state index >= 15 is 0 Å². The van der Waals surface area contributed by atoms with Crippen molar-refractivity contribution in [3.8, 4) is 0 Å². The van der Waals surface area contributed by atoms with Gasteiger partial charge in [-0.2, -0.15) is 0 Å². The van der Waals surface area contributed by atoms with Crippen LogP contribution in [0, 0.1) is 0 Å². The summed E-state index contributed by atoms with van der Waals surface area (Å²) >= 11 is 6.05. The van der Waals surface area contributed by atoms with Gasteiger partial charge < -0.3 is 15.4 Å². The lowest BCUT2D eigenvalue weighted by atomic mass is 10.1. The van der Waals surface area contributed by atoms with E-state index in [4.69, 9.17) is 22.1 Å². The zero-order chi connectivity index (χ0) is 13.0. The summed E-state index contributed by atoms with van der Waals surface area (Å²) in [5.74, 6) is 0.0739. The molecule has 0 aromatic heterocycles. The lowest BCUT2D eigenvalue weighted by molar-refractivity contribution is -0.137. The van der Waals surface area contributed by atoms with E-state index in [1.54, 1.807) is 11.0 Å². The highest BCUT2D eigenvalue weighted by Gasteiger charge is 2.23. The predicted molar refractivity (Wildman–Crippen MR) is 77.8 cm³/mol. The summed E-state index contributed by atoms with van der Waals surface area (Å²) in [4.78, 5) is 13.9. The van der Waals surface area contributed by atoms with Gasteiger partial charge in [0.2, 0.25) is 5.91 Å². The van der Waals surface area contributed by atoms with Crippen molar-refractivity contribution in [3.05, 3.63) is 34.9 Å². The monoisotopic (exact) mass is 304 g/mol. The van der Waals surface area contributed by atoms with Gasteiger partial charge in [-0.05, 0) is 11.6 Å². The number of hydrogen-bond donors (Lipinski definition) is 1. The molecule has 1 atom stereocenters. The number of amides is 1. The average Bonchev–Trinajstić information content (AvgIpc) is 2.41. The summed E-state index contributed by atoms with van der Waals surface area (Å²) in [5, 5.41) is 0.634. The van der Waals surface area contributed by atoms with E-state index in [-0.39, 0.29) is 24.4 Å². The van der Waals surface area contributed by atoms with Crippen molar-refractivity contribution in [1.82, 2.24) is 4.90 Å². The molecule has 0 spiro atoms. The van der Waals surface area contributed by atoms with Crippen LogP contribution in [0.25, 0.3) is 0 Å². The van der Waals surface area contributed by atoms with Crippen molar-refractivity contribution < 1.29 is 9.53 Å². The summed E-state index contributed by atoms with van der Waals surface area (Å²) in [5.41, 5.74) is 6.42. The molecular formula is C13H18Cl2N2O2. The van der Waals surface area contributed by atoms with Gasteiger partial charge in [0.05, 0.1) is 19.1 Å². The second kappa shape index (κ2) is 7.70. The molecule has 4 nitrogen and oxygen atoms in total. The van der Waals surface area contributed by atoms with E-state index in [1.165, 1.54) is 0 Å². The second-order valence-corrected chi connectivity index (χ2v) is 4.74. The molecule has 1 fully saturated rings. The fourth-order valence-corrected chi connectivity index (χ4v) is 2.21. The summed E-state index contributed by atoms with van der Waals surface area (Å²) in [7, 11) is 0. The molecule has 0 aliphatic carbocycles. The Morgan fingerprint density at radius 2 is 2.21 bits per heavy atom. The Labute approximate surface area is 124 Å². The number of hydrogen-bond acceptors (Lipinski definition) is 3. The minimum Gasteiger partial charge on any atom is -0.373 e. The molecule has 2 rings (SSSR count). The van der Waals surface area contributed by atoms with Gasteiger partial charge in [-0.15, -0.1) is 12.4 Å². The minimum atomic E-state index is -0.0473. The standard InChI is InChI=1S/C13H17ClN2O2.ClH/c14-12-4-2-1-3-10(12)7-13(17)16-5-6-18-11(8-15)9-16;/h1-4,11H,5-9,15H2;1H. The number of nitrogens with two attached hydrogens (primary N) is 1. The van der Waals surface area contributed by atoms with Gasteiger partial charge in [0.15, 0.2) is 0 Å². The van der Waals surface area contributed by atoms with Gasteiger partial charge in [-0.1, -0.05) is 29.8 Å². The lowest BCUT2D eigenvalue weighted by Gasteiger charge is -2.32. The largest absolute Gasteiger partial charge is 0.373 e. The molecule has 2 N–H and O–H groups in total. The van der Waals surface area contributed by atoms with Crippen LogP contribution >= 0.6 is 24.0 Å². The van der Waals surface area contributed by atoms with Crippen LogP contribution in [-0.4, -0.2) is 43.2 Å². The zero-order valence-corrected chi connectivity index (χ0v) is 12.1. The molecule has 6 heteroatoms. The van der Waals surface area contributed by atoms with Crippen LogP contribution in [0.2, 0.25) is 5.02 Å². The highest BCUT2D eigenvalue weighted by Crippen LogP contribution is 2.17. The third kappa shape index (κ3) is 4.35. The Morgan fingerprint density at radius 1 is 1.47 bits per heavy atom. The van der Waals surface area contributed by atoms with Crippen LogP contribution in [0.15, 0.2) is 24.3 Å². The molecule has 1 aliphatic rings. The summed E-state index contributed by atoms with van der Waals surface area (Å²) in [6.45, 7) is 2.19. The molecule has 0 bridgehead atoms. The Balaban J connectivity index is 0.00000180. The molecule has 1 saturated heterocycles. The number of ether oxygens (including phenoxy) is 1. The van der Waals surface area contributed by atoms with Crippen LogP contribution in [0.5, 0.6) is 0 Å². The Bertz CT molecular complexity index is 429. The zero-order valence-electron chi connectivity index (χ0n) is 10.5. The first kappa shape index (κ1) is 16.2. The fraction of sp³-hybridized carbons (Fsp3) is 0.462. The van der Waals surface area contributed by atoms with Gasteiger partial charge in [-0.25, -0.2) is 0 Å². The SMILES string of the molecule is Cl.NCC1CN(C(=O)Cc2ccccc2Cl)CCO1. The maximum Gasteiger partial charge on any atom is 0.227 e. The molecule has 1 aliphatic heterocycles. The maximum atomic E-state index is 12.2. The number of morpholine rings is 1. The third-order valence-corrected chi connectivity index (χ3v) is 3.42. The highest BCUT2D eigenvalue weighted by atomic mass is 35.5. The van der Waals surface area contributed by atoms with E-state index in [0.29, 0.717) is 37.7 Å². The topological polar surface area (TPSA) is 55.6 Å². The number of carbonyl (C=O) groups is 1. The third-order valence-electron chi connectivity index (χ3n) is 3.05. The quantitative estimate of drug-likeness (QED) is 0.920. The predicted octanol–water partition coefficient (Wildman–Crippen LogP) is 1.49. The number of halogens is 2. The van der Waals surface area contributed by atoms with E-state index < -0.39 is 0 Å². The molecule has 1 unspecified atom stereocenters. The first-order valence-electron chi connectivity index (χ1n) is 6.03. The normalized spacial score (nSPS) is 18.8. The summed E-state index contributed by atoms with van der Waals surface area (Å²) < 4.78 is 5.44. The van der Waals surface area contributed by atoms with E-state index in [1.807, 2.05) is 18.2 Å². The first-order valence-corrected chi connectivity index (χ1v) is 6.41. The van der Waals surface area contributed by atoms with Crippen LogP contribution in [0.1, 0.15) is 5.56 Å². The lowest BCUT2D eigenvalue weighted by Crippen LogP contribution is -2.48. The van der Waals surface area contributed by atoms with E-state index in [9.17, 15) is 4.79 Å². The Kier molecular flexibility index (Phi) is 6.58. The van der Waals surface area contributed by atoms with Crippen molar-refractivity contribution in [2.75, 3.05) is 26.2 Å². The molecule has 0 saturated carbocycles. The van der Waals surface area contributed by atoms with Crippen molar-refractivity contribution >= 4 is 29.9 Å². The molecule has 106 valence electrons. The van der Waals surface area contributed by atoms with Gasteiger partial charge in [-0.3, -0.25) is 4.79 Å². The fourth-order valence-electron chi connectivity index (χ4n) is 2.00. The van der Waals surface area contributed by atoms with Gasteiger partial charge >= 0.3 is 0 Å². The molecule has 1 heterocycles. The smallest absolute Gasteiger partial charge is 0.227 e. The van der Waals surface area contributed by atoms with E-state index in [0.717, 1.165) is 5.56 Å². The van der Waals surface area contributed by atoms with Gasteiger partial charge in [0, 0.05) is 24.7 Å². The van der Waals surface area contributed by atoms with Gasteiger partial charge in [0.25, 0.3) is 0 Å². The average molecular weight is 305 g/mol. The first-order chi connectivity index (χ1) is 8.70. The molecule has 1 aromatic carbocycles. The number of rotatable bonds is 3. The van der Waals surface area contributed by atoms with Crippen molar-refractivity contribution in [2.24, 2.45) is 5.73 Å². The minimum absolute atomic E-state index is 0. The van der Waals surface area contributed by atoms with Crippen molar-refractivity contribution in [1.29, 1.82) is 0 Å². The van der Waals surface area contributed by atoms with Gasteiger partial charge in [0.1, 0.15) is 0 Å². The number of benzene rings is 1. The second-order valence-electron chi connectivity index (χ2n) is 4.34. The van der Waals surface area contributed by atoms with Crippen LogP contribution < -0.4 is 5.73 Å². The van der Waals surface area contributed by atoms with Crippen molar-refractivity contribution in [2.45, 2.75) is 12.5 Å². The van der Waals surface area contributed by atoms with Crippen LogP contribution in [0.4, 0.5) is 0 Å². The molecule has 1 aromatic rings. The highest BCUT2D eigenvalue weighted by molar-refractivity contribution is 6.31. The molecular weight excluding hydrogens is 287 g/mol. The summed E-state index contributed by atoms with van der Waals surface area (Å²) in [6, 6.07) is 7.42. The number of carbonyl (C=O) groups excluding carboxylic acids is 1. The Hall–Kier alpha value is -0.810. The van der Waals surface area contributed by atoms with Crippen LogP contribution in [-0.2, 0) is 16.0 Å².